The first-order valence-corrected chi connectivity index (χ1v) is 13.2. The molecule has 2 heterocycles. The number of fused-ring (bicyclic) bond motifs is 1. The van der Waals surface area contributed by atoms with Crippen LogP contribution in [0.1, 0.15) is 36.7 Å². The molecule has 4 aromatic rings. The molecule has 1 amide bonds. The Morgan fingerprint density at radius 2 is 1.66 bits per heavy atom. The van der Waals surface area contributed by atoms with Crippen molar-refractivity contribution in [1.82, 2.24) is 24.6 Å². The quantitative estimate of drug-likeness (QED) is 0.268. The summed E-state index contributed by atoms with van der Waals surface area (Å²) in [6.45, 7) is 7.90. The highest BCUT2D eigenvalue weighted by Gasteiger charge is 2.18. The van der Waals surface area contributed by atoms with Gasteiger partial charge in [0.2, 0.25) is 5.75 Å². The standard InChI is InChI=1S/C27H30BrN5O5/c1-4-36-22-13-19(14-23(37-5-2)24(22)38-6-3)26(34)29-11-12-33-25-21(15-31-33)27(35)32(17-30-25)16-18-7-9-20(28)10-8-18/h7-10,13-15,17H,4-6,11-12,16H2,1-3H3,(H,29,34). The largest absolute Gasteiger partial charge is 0.490 e. The molecule has 0 saturated heterocycles. The van der Waals surface area contributed by atoms with Crippen molar-refractivity contribution in [2.24, 2.45) is 0 Å². The van der Waals surface area contributed by atoms with E-state index < -0.39 is 0 Å². The fourth-order valence-corrected chi connectivity index (χ4v) is 4.22. The number of ether oxygens (including phenoxy) is 3. The first kappa shape index (κ1) is 27.2. The second-order valence-electron chi connectivity index (χ2n) is 8.27. The van der Waals surface area contributed by atoms with Crippen LogP contribution in [-0.4, -0.2) is 51.6 Å². The number of carbonyl (C=O) groups excluding carboxylic acids is 1. The van der Waals surface area contributed by atoms with Crippen molar-refractivity contribution in [1.29, 1.82) is 0 Å². The second kappa shape index (κ2) is 12.6. The summed E-state index contributed by atoms with van der Waals surface area (Å²) < 4.78 is 21.2. The molecule has 2 aromatic carbocycles. The summed E-state index contributed by atoms with van der Waals surface area (Å²) >= 11 is 3.42. The summed E-state index contributed by atoms with van der Waals surface area (Å²) in [7, 11) is 0. The third kappa shape index (κ3) is 6.16. The molecule has 38 heavy (non-hydrogen) atoms. The molecule has 0 aliphatic heterocycles. The Morgan fingerprint density at radius 1 is 1.00 bits per heavy atom. The van der Waals surface area contributed by atoms with Gasteiger partial charge in [0.25, 0.3) is 11.5 Å². The van der Waals surface area contributed by atoms with E-state index in [0.717, 1.165) is 10.0 Å². The first-order chi connectivity index (χ1) is 18.4. The minimum atomic E-state index is -0.295. The number of rotatable bonds is 12. The van der Waals surface area contributed by atoms with Crippen LogP contribution in [0.15, 0.2) is 58.2 Å². The predicted octanol–water partition coefficient (Wildman–Crippen LogP) is 4.03. The van der Waals surface area contributed by atoms with Gasteiger partial charge in [0.05, 0.1) is 39.1 Å². The maximum absolute atomic E-state index is 13.0. The molecule has 0 atom stereocenters. The van der Waals surface area contributed by atoms with Gasteiger partial charge >= 0.3 is 0 Å². The van der Waals surface area contributed by atoms with Gasteiger partial charge in [-0.05, 0) is 50.6 Å². The van der Waals surface area contributed by atoms with Crippen molar-refractivity contribution in [3.8, 4) is 17.2 Å². The lowest BCUT2D eigenvalue weighted by atomic mass is 10.1. The van der Waals surface area contributed by atoms with Crippen LogP contribution >= 0.6 is 15.9 Å². The Balaban J connectivity index is 1.46. The van der Waals surface area contributed by atoms with Gasteiger partial charge in [-0.15, -0.1) is 0 Å². The summed E-state index contributed by atoms with van der Waals surface area (Å²) in [5, 5.41) is 7.63. The highest BCUT2D eigenvalue weighted by molar-refractivity contribution is 9.10. The fourth-order valence-electron chi connectivity index (χ4n) is 3.96. The molecule has 0 radical (unpaired) electrons. The van der Waals surface area contributed by atoms with E-state index in [1.807, 2.05) is 45.0 Å². The van der Waals surface area contributed by atoms with Crippen molar-refractivity contribution in [3.05, 3.63) is 74.9 Å². The second-order valence-corrected chi connectivity index (χ2v) is 9.18. The van der Waals surface area contributed by atoms with E-state index >= 15 is 0 Å². The topological polar surface area (TPSA) is 110 Å². The summed E-state index contributed by atoms with van der Waals surface area (Å²) in [4.78, 5) is 30.4. The van der Waals surface area contributed by atoms with Crippen molar-refractivity contribution in [2.75, 3.05) is 26.4 Å². The number of hydrogen-bond acceptors (Lipinski definition) is 7. The zero-order valence-corrected chi connectivity index (χ0v) is 23.2. The number of halogens is 1. The van der Waals surface area contributed by atoms with Gasteiger partial charge in [-0.25, -0.2) is 9.67 Å². The molecule has 0 saturated carbocycles. The molecular formula is C27H30BrN5O5. The first-order valence-electron chi connectivity index (χ1n) is 12.4. The lowest BCUT2D eigenvalue weighted by Crippen LogP contribution is -2.28. The third-order valence-corrected chi connectivity index (χ3v) is 6.20. The van der Waals surface area contributed by atoms with Crippen molar-refractivity contribution in [3.63, 3.8) is 0 Å². The van der Waals surface area contributed by atoms with E-state index in [0.29, 0.717) is 66.8 Å². The van der Waals surface area contributed by atoms with Gasteiger partial charge in [-0.1, -0.05) is 28.1 Å². The minimum absolute atomic E-state index is 0.172. The van der Waals surface area contributed by atoms with Gasteiger partial charge in [0, 0.05) is 16.6 Å². The molecule has 0 spiro atoms. The van der Waals surface area contributed by atoms with E-state index in [1.54, 1.807) is 21.4 Å². The molecule has 0 fully saturated rings. The Hall–Kier alpha value is -3.86. The molecule has 0 aliphatic rings. The highest BCUT2D eigenvalue weighted by atomic mass is 79.9. The monoisotopic (exact) mass is 583 g/mol. The normalized spacial score (nSPS) is 10.9. The fraction of sp³-hybridized carbons (Fsp3) is 0.333. The summed E-state index contributed by atoms with van der Waals surface area (Å²) in [6, 6.07) is 11.1. The van der Waals surface area contributed by atoms with E-state index in [9.17, 15) is 9.59 Å². The summed E-state index contributed by atoms with van der Waals surface area (Å²) in [5.41, 5.74) is 1.67. The van der Waals surface area contributed by atoms with Crippen LogP contribution in [0.3, 0.4) is 0 Å². The van der Waals surface area contributed by atoms with E-state index in [2.05, 4.69) is 31.3 Å². The maximum atomic E-state index is 13.0. The van der Waals surface area contributed by atoms with Crippen LogP contribution in [0.5, 0.6) is 17.2 Å². The van der Waals surface area contributed by atoms with Crippen LogP contribution in [0.4, 0.5) is 0 Å². The van der Waals surface area contributed by atoms with Gasteiger partial charge in [0.1, 0.15) is 11.7 Å². The molecular weight excluding hydrogens is 554 g/mol. The van der Waals surface area contributed by atoms with Crippen LogP contribution in [0, 0.1) is 0 Å². The zero-order valence-electron chi connectivity index (χ0n) is 21.6. The Morgan fingerprint density at radius 3 is 2.29 bits per heavy atom. The number of amides is 1. The lowest BCUT2D eigenvalue weighted by Gasteiger charge is -2.17. The number of nitrogens with one attached hydrogen (secondary N) is 1. The summed E-state index contributed by atoms with van der Waals surface area (Å²) in [5.74, 6) is 1.09. The van der Waals surface area contributed by atoms with E-state index in [-0.39, 0.29) is 18.0 Å². The van der Waals surface area contributed by atoms with Crippen LogP contribution in [0.2, 0.25) is 0 Å². The van der Waals surface area contributed by atoms with E-state index in [1.165, 1.54) is 12.5 Å². The lowest BCUT2D eigenvalue weighted by molar-refractivity contribution is 0.0951. The SMILES string of the molecule is CCOc1cc(C(=O)NCCn2ncc3c(=O)n(Cc4ccc(Br)cc4)cnc32)cc(OCC)c1OCC. The molecule has 200 valence electrons. The van der Waals surface area contributed by atoms with Crippen molar-refractivity contribution < 1.29 is 19.0 Å². The number of aromatic nitrogens is 4. The molecule has 11 heteroatoms. The molecule has 1 N–H and O–H groups in total. The summed E-state index contributed by atoms with van der Waals surface area (Å²) in [6.07, 6.45) is 3.04. The average Bonchev–Trinajstić information content (AvgIpc) is 3.32. The molecule has 10 nitrogen and oxygen atoms in total. The third-order valence-electron chi connectivity index (χ3n) is 5.67. The van der Waals surface area contributed by atoms with Gasteiger partial charge in [-0.3, -0.25) is 14.2 Å². The van der Waals surface area contributed by atoms with Gasteiger partial charge in [0.15, 0.2) is 17.1 Å². The van der Waals surface area contributed by atoms with Crippen LogP contribution in [-0.2, 0) is 13.1 Å². The number of benzene rings is 2. The molecule has 2 aromatic heterocycles. The van der Waals surface area contributed by atoms with Gasteiger partial charge < -0.3 is 19.5 Å². The van der Waals surface area contributed by atoms with Crippen molar-refractivity contribution in [2.45, 2.75) is 33.9 Å². The smallest absolute Gasteiger partial charge is 0.264 e. The number of hydrogen-bond donors (Lipinski definition) is 1. The molecule has 4 rings (SSSR count). The van der Waals surface area contributed by atoms with E-state index in [4.69, 9.17) is 14.2 Å². The Kier molecular flexibility index (Phi) is 9.01. The van der Waals surface area contributed by atoms with Crippen molar-refractivity contribution >= 4 is 32.9 Å². The Labute approximate surface area is 228 Å². The average molecular weight is 584 g/mol. The molecule has 0 bridgehead atoms. The minimum Gasteiger partial charge on any atom is -0.490 e. The predicted molar refractivity (Wildman–Crippen MR) is 147 cm³/mol. The number of nitrogens with zero attached hydrogens (tertiary/aromatic N) is 4. The maximum Gasteiger partial charge on any atom is 0.264 e. The van der Waals surface area contributed by atoms with Crippen LogP contribution in [0.25, 0.3) is 11.0 Å². The molecule has 0 unspecified atom stereocenters. The highest BCUT2D eigenvalue weighted by Crippen LogP contribution is 2.39. The molecule has 0 aliphatic carbocycles. The Bertz CT molecular complexity index is 1440. The zero-order chi connectivity index (χ0) is 27.1. The van der Waals surface area contributed by atoms with Gasteiger partial charge in [-0.2, -0.15) is 5.10 Å². The van der Waals surface area contributed by atoms with Crippen LogP contribution < -0.4 is 25.1 Å². The number of carbonyl (C=O) groups is 1.